The van der Waals surface area contributed by atoms with Crippen molar-refractivity contribution >= 4 is 50.7 Å². The van der Waals surface area contributed by atoms with Crippen LogP contribution in [0.3, 0.4) is 0 Å². The quantitative estimate of drug-likeness (QED) is 0.461. The second-order valence-corrected chi connectivity index (χ2v) is 7.56. The van der Waals surface area contributed by atoms with Gasteiger partial charge in [0.1, 0.15) is 5.75 Å². The van der Waals surface area contributed by atoms with Crippen molar-refractivity contribution in [3.05, 3.63) is 57.0 Å². The van der Waals surface area contributed by atoms with E-state index >= 15 is 0 Å². The zero-order valence-corrected chi connectivity index (χ0v) is 18.1. The zero-order chi connectivity index (χ0) is 20.7. The summed E-state index contributed by atoms with van der Waals surface area (Å²) in [7, 11) is 0. The maximum atomic E-state index is 12.1. The Bertz CT molecular complexity index is 916. The molecule has 0 aliphatic heterocycles. The van der Waals surface area contributed by atoms with Gasteiger partial charge in [0.25, 0.3) is 5.91 Å². The molecule has 0 saturated heterocycles. The lowest BCUT2D eigenvalue weighted by atomic mass is 10.2. The van der Waals surface area contributed by atoms with E-state index in [0.717, 1.165) is 15.6 Å². The SMILES string of the molecule is C/C(CC(=O)Nc1ccc(Cl)cc1C)=N\NC(=O)COc1ccc(Br)c(C)c1. The fourth-order valence-corrected chi connectivity index (χ4v) is 2.75. The van der Waals surface area contributed by atoms with Gasteiger partial charge in [-0.2, -0.15) is 5.10 Å². The molecule has 8 heteroatoms. The second-order valence-electron chi connectivity index (χ2n) is 6.27. The molecule has 0 radical (unpaired) electrons. The van der Waals surface area contributed by atoms with Crippen molar-refractivity contribution in [2.45, 2.75) is 27.2 Å². The van der Waals surface area contributed by atoms with Crippen LogP contribution in [-0.4, -0.2) is 24.1 Å². The highest BCUT2D eigenvalue weighted by Gasteiger charge is 2.08. The Morgan fingerprint density at radius 2 is 1.86 bits per heavy atom. The van der Waals surface area contributed by atoms with Crippen LogP contribution in [0.1, 0.15) is 24.5 Å². The topological polar surface area (TPSA) is 79.8 Å². The van der Waals surface area contributed by atoms with Gasteiger partial charge < -0.3 is 10.1 Å². The highest BCUT2D eigenvalue weighted by Crippen LogP contribution is 2.21. The number of halogens is 2. The molecule has 2 rings (SSSR count). The van der Waals surface area contributed by atoms with E-state index in [0.29, 0.717) is 22.2 Å². The minimum Gasteiger partial charge on any atom is -0.484 e. The number of benzene rings is 2. The van der Waals surface area contributed by atoms with E-state index < -0.39 is 5.91 Å². The van der Waals surface area contributed by atoms with Crippen LogP contribution in [0, 0.1) is 13.8 Å². The first-order valence-electron chi connectivity index (χ1n) is 8.51. The Balaban J connectivity index is 1.79. The molecule has 2 aromatic carbocycles. The van der Waals surface area contributed by atoms with Crippen LogP contribution < -0.4 is 15.5 Å². The summed E-state index contributed by atoms with van der Waals surface area (Å²) in [6.45, 7) is 5.28. The summed E-state index contributed by atoms with van der Waals surface area (Å²) < 4.78 is 6.40. The fourth-order valence-electron chi connectivity index (χ4n) is 2.28. The monoisotopic (exact) mass is 465 g/mol. The molecule has 0 atom stereocenters. The van der Waals surface area contributed by atoms with Crippen molar-refractivity contribution in [1.82, 2.24) is 5.43 Å². The van der Waals surface area contributed by atoms with Gasteiger partial charge in [0.05, 0.1) is 6.42 Å². The molecule has 148 valence electrons. The smallest absolute Gasteiger partial charge is 0.277 e. The normalized spacial score (nSPS) is 11.1. The molecule has 0 aliphatic rings. The number of rotatable bonds is 7. The van der Waals surface area contributed by atoms with Crippen LogP contribution in [0.5, 0.6) is 5.75 Å². The van der Waals surface area contributed by atoms with Crippen molar-refractivity contribution < 1.29 is 14.3 Å². The first-order valence-corrected chi connectivity index (χ1v) is 9.68. The van der Waals surface area contributed by atoms with Gasteiger partial charge in [0, 0.05) is 20.9 Å². The minimum atomic E-state index is -0.408. The average molecular weight is 467 g/mol. The van der Waals surface area contributed by atoms with Gasteiger partial charge in [-0.3, -0.25) is 9.59 Å². The summed E-state index contributed by atoms with van der Waals surface area (Å²) in [5.74, 6) is -0.0503. The summed E-state index contributed by atoms with van der Waals surface area (Å²) >= 11 is 9.31. The molecule has 0 unspecified atom stereocenters. The molecule has 0 aliphatic carbocycles. The lowest BCUT2D eigenvalue weighted by molar-refractivity contribution is -0.123. The lowest BCUT2D eigenvalue weighted by Crippen LogP contribution is -2.26. The summed E-state index contributed by atoms with van der Waals surface area (Å²) in [6, 6.07) is 10.7. The van der Waals surface area contributed by atoms with E-state index in [1.807, 2.05) is 26.0 Å². The van der Waals surface area contributed by atoms with E-state index in [9.17, 15) is 9.59 Å². The van der Waals surface area contributed by atoms with Gasteiger partial charge in [-0.05, 0) is 68.3 Å². The number of ether oxygens (including phenoxy) is 1. The molecule has 0 heterocycles. The minimum absolute atomic E-state index is 0.0507. The maximum Gasteiger partial charge on any atom is 0.277 e. The van der Waals surface area contributed by atoms with Crippen molar-refractivity contribution in [2.75, 3.05) is 11.9 Å². The molecule has 0 saturated carbocycles. The molecule has 2 aromatic rings. The van der Waals surface area contributed by atoms with Gasteiger partial charge in [-0.1, -0.05) is 27.5 Å². The van der Waals surface area contributed by atoms with Crippen LogP contribution in [0.25, 0.3) is 0 Å². The molecule has 2 N–H and O–H groups in total. The van der Waals surface area contributed by atoms with Gasteiger partial charge in [0.2, 0.25) is 5.91 Å². The Labute approximate surface area is 177 Å². The number of hydrogen-bond acceptors (Lipinski definition) is 4. The second kappa shape index (κ2) is 10.2. The Morgan fingerprint density at radius 3 is 2.54 bits per heavy atom. The molecule has 0 fully saturated rings. The van der Waals surface area contributed by atoms with Gasteiger partial charge >= 0.3 is 0 Å². The van der Waals surface area contributed by atoms with Crippen molar-refractivity contribution in [3.8, 4) is 5.75 Å². The first kappa shape index (κ1) is 21.9. The number of nitrogens with zero attached hydrogens (tertiary/aromatic N) is 1. The maximum absolute atomic E-state index is 12.1. The van der Waals surface area contributed by atoms with Gasteiger partial charge in [-0.25, -0.2) is 5.43 Å². The third kappa shape index (κ3) is 6.98. The fraction of sp³-hybridized carbons (Fsp3) is 0.250. The number of carbonyl (C=O) groups excluding carboxylic acids is 2. The molecular formula is C20H21BrClN3O3. The van der Waals surface area contributed by atoms with Crippen molar-refractivity contribution in [2.24, 2.45) is 5.10 Å². The van der Waals surface area contributed by atoms with E-state index in [1.165, 1.54) is 0 Å². The predicted molar refractivity (Wildman–Crippen MR) is 115 cm³/mol. The average Bonchev–Trinajstić information content (AvgIpc) is 2.63. The van der Waals surface area contributed by atoms with E-state index in [1.54, 1.807) is 31.2 Å². The number of nitrogens with one attached hydrogen (secondary N) is 2. The van der Waals surface area contributed by atoms with Gasteiger partial charge in [0.15, 0.2) is 6.61 Å². The molecule has 2 amide bonds. The Kier molecular flexibility index (Phi) is 8.02. The number of hydrazone groups is 1. The van der Waals surface area contributed by atoms with E-state index in [2.05, 4.69) is 31.8 Å². The largest absolute Gasteiger partial charge is 0.484 e. The van der Waals surface area contributed by atoms with Crippen LogP contribution >= 0.6 is 27.5 Å². The number of aryl methyl sites for hydroxylation is 2. The lowest BCUT2D eigenvalue weighted by Gasteiger charge is -2.09. The van der Waals surface area contributed by atoms with Crippen LogP contribution in [-0.2, 0) is 9.59 Å². The van der Waals surface area contributed by atoms with Crippen LogP contribution in [0.4, 0.5) is 5.69 Å². The molecule has 0 bridgehead atoms. The van der Waals surface area contributed by atoms with Crippen LogP contribution in [0.15, 0.2) is 46.0 Å². The molecular weight excluding hydrogens is 446 g/mol. The van der Waals surface area contributed by atoms with Gasteiger partial charge in [-0.15, -0.1) is 0 Å². The third-order valence-electron chi connectivity index (χ3n) is 3.75. The Morgan fingerprint density at radius 1 is 1.11 bits per heavy atom. The summed E-state index contributed by atoms with van der Waals surface area (Å²) in [6.07, 6.45) is 0.0507. The molecule has 0 spiro atoms. The van der Waals surface area contributed by atoms with E-state index in [-0.39, 0.29) is 18.9 Å². The number of carbonyl (C=O) groups is 2. The van der Waals surface area contributed by atoms with Crippen molar-refractivity contribution in [3.63, 3.8) is 0 Å². The third-order valence-corrected chi connectivity index (χ3v) is 4.87. The molecule has 0 aromatic heterocycles. The molecule has 28 heavy (non-hydrogen) atoms. The summed E-state index contributed by atoms with van der Waals surface area (Å²) in [5.41, 5.74) is 5.41. The highest BCUT2D eigenvalue weighted by molar-refractivity contribution is 9.10. The predicted octanol–water partition coefficient (Wildman–Crippen LogP) is 4.62. The summed E-state index contributed by atoms with van der Waals surface area (Å²) in [5, 5.41) is 7.33. The number of amides is 2. The summed E-state index contributed by atoms with van der Waals surface area (Å²) in [4.78, 5) is 24.0. The highest BCUT2D eigenvalue weighted by atomic mass is 79.9. The number of anilines is 1. The standard InChI is InChI=1S/C20H21BrClN3O3/c1-12-9-16(5-6-17(12)21)28-11-20(27)25-24-14(3)10-19(26)23-18-7-4-15(22)8-13(18)2/h4-9H,10-11H2,1-3H3,(H,23,26)(H,25,27)/b24-14+. The number of hydrogen-bond donors (Lipinski definition) is 2. The van der Waals surface area contributed by atoms with Crippen LogP contribution in [0.2, 0.25) is 5.02 Å². The molecule has 6 nitrogen and oxygen atoms in total. The zero-order valence-electron chi connectivity index (χ0n) is 15.8. The van der Waals surface area contributed by atoms with Crippen molar-refractivity contribution in [1.29, 1.82) is 0 Å². The first-order chi connectivity index (χ1) is 13.2. The van der Waals surface area contributed by atoms with E-state index in [4.69, 9.17) is 16.3 Å². The Hall–Kier alpha value is -2.38.